The number of thioether (sulfide) groups is 1. The first-order chi connectivity index (χ1) is 16.3. The number of carbonyl (C=O) groups excluding carboxylic acids is 3. The predicted octanol–water partition coefficient (Wildman–Crippen LogP) is 5.87. The van der Waals surface area contributed by atoms with Crippen molar-refractivity contribution in [1.29, 1.82) is 0 Å². The molecule has 2 heterocycles. The summed E-state index contributed by atoms with van der Waals surface area (Å²) in [5.41, 5.74) is 1.45. The number of hydrogen-bond acceptors (Lipinski definition) is 5. The number of amides is 3. The van der Waals surface area contributed by atoms with Crippen molar-refractivity contribution < 1.29 is 19.1 Å². The second-order valence-electron chi connectivity index (χ2n) is 8.43. The van der Waals surface area contributed by atoms with E-state index in [4.69, 9.17) is 27.9 Å². The fourth-order valence-electron chi connectivity index (χ4n) is 3.82. The Morgan fingerprint density at radius 2 is 1.85 bits per heavy atom. The fourth-order valence-corrected chi connectivity index (χ4v) is 5.04. The molecule has 2 aliphatic heterocycles. The molecular formula is C25H24Cl2N2O4S. The summed E-state index contributed by atoms with van der Waals surface area (Å²) in [5.74, 6) is 0.394. The minimum Gasteiger partial charge on any atom is -0.488 e. The Balaban J connectivity index is 1.48. The molecule has 2 aromatic carbocycles. The number of benzene rings is 2. The molecule has 178 valence electrons. The second-order valence-corrected chi connectivity index (χ2v) is 10.3. The van der Waals surface area contributed by atoms with E-state index in [2.05, 4.69) is 6.92 Å². The van der Waals surface area contributed by atoms with E-state index in [9.17, 15) is 14.4 Å². The van der Waals surface area contributed by atoms with Crippen molar-refractivity contribution >= 4 is 58.1 Å². The van der Waals surface area contributed by atoms with Crippen LogP contribution in [0.5, 0.6) is 5.75 Å². The average Bonchev–Trinajstić information content (AvgIpc) is 3.06. The first kappa shape index (κ1) is 24.6. The molecule has 2 aliphatic rings. The van der Waals surface area contributed by atoms with Crippen molar-refractivity contribution in [1.82, 2.24) is 9.80 Å². The summed E-state index contributed by atoms with van der Waals surface area (Å²) in [5, 5.41) is 0.619. The monoisotopic (exact) mass is 518 g/mol. The van der Waals surface area contributed by atoms with Crippen LogP contribution in [0.1, 0.15) is 30.9 Å². The molecule has 0 aromatic heterocycles. The van der Waals surface area contributed by atoms with Crippen LogP contribution in [0.3, 0.4) is 0 Å². The van der Waals surface area contributed by atoms with Crippen molar-refractivity contribution in [3.8, 4) is 5.75 Å². The summed E-state index contributed by atoms with van der Waals surface area (Å²) < 4.78 is 5.94. The molecule has 0 N–H and O–H groups in total. The van der Waals surface area contributed by atoms with Gasteiger partial charge in [0, 0.05) is 28.7 Å². The molecule has 0 atom stereocenters. The third-order valence-corrected chi connectivity index (χ3v) is 7.22. The first-order valence-corrected chi connectivity index (χ1v) is 12.6. The van der Waals surface area contributed by atoms with Gasteiger partial charge in [0.15, 0.2) is 0 Å². The predicted molar refractivity (Wildman–Crippen MR) is 135 cm³/mol. The quantitative estimate of drug-likeness (QED) is 0.447. The van der Waals surface area contributed by atoms with Crippen LogP contribution in [0.4, 0.5) is 4.79 Å². The van der Waals surface area contributed by atoms with Gasteiger partial charge in [0.05, 0.1) is 4.91 Å². The van der Waals surface area contributed by atoms with Gasteiger partial charge in [0.1, 0.15) is 18.9 Å². The van der Waals surface area contributed by atoms with Gasteiger partial charge in [-0.15, -0.1) is 0 Å². The van der Waals surface area contributed by atoms with Crippen LogP contribution in [-0.4, -0.2) is 46.5 Å². The van der Waals surface area contributed by atoms with E-state index in [0.717, 1.165) is 35.1 Å². The van der Waals surface area contributed by atoms with E-state index in [1.54, 1.807) is 35.2 Å². The fraction of sp³-hybridized carbons (Fsp3) is 0.320. The summed E-state index contributed by atoms with van der Waals surface area (Å²) in [7, 11) is 0. The Labute approximate surface area is 212 Å². The molecule has 2 saturated heterocycles. The van der Waals surface area contributed by atoms with Gasteiger partial charge in [0.25, 0.3) is 11.1 Å². The number of halogens is 2. The van der Waals surface area contributed by atoms with Crippen molar-refractivity contribution in [3.63, 3.8) is 0 Å². The summed E-state index contributed by atoms with van der Waals surface area (Å²) >= 11 is 13.0. The first-order valence-electron chi connectivity index (χ1n) is 11.0. The van der Waals surface area contributed by atoms with E-state index in [-0.39, 0.29) is 24.0 Å². The zero-order valence-corrected chi connectivity index (χ0v) is 21.0. The normalized spacial score (nSPS) is 18.1. The lowest BCUT2D eigenvalue weighted by Crippen LogP contribution is -2.45. The van der Waals surface area contributed by atoms with Crippen LogP contribution in [0.25, 0.3) is 6.08 Å². The van der Waals surface area contributed by atoms with Crippen LogP contribution in [0.2, 0.25) is 10.0 Å². The van der Waals surface area contributed by atoms with Crippen LogP contribution in [-0.2, 0) is 16.2 Å². The number of carbonyl (C=O) groups is 3. The Kier molecular flexibility index (Phi) is 7.86. The third kappa shape index (κ3) is 5.95. The SMILES string of the molecule is CC1CCN(C(=O)CN2C(=O)S/C(=C/c3cc(Cl)ccc3OCc3cccc(Cl)c3)C2=O)CC1. The Morgan fingerprint density at radius 3 is 2.59 bits per heavy atom. The van der Waals surface area contributed by atoms with E-state index < -0.39 is 11.1 Å². The Hall–Kier alpha value is -2.48. The molecule has 34 heavy (non-hydrogen) atoms. The third-order valence-electron chi connectivity index (χ3n) is 5.85. The molecule has 3 amide bonds. The molecule has 0 spiro atoms. The molecule has 9 heteroatoms. The number of hydrogen-bond donors (Lipinski definition) is 0. The van der Waals surface area contributed by atoms with Crippen molar-refractivity contribution in [2.45, 2.75) is 26.4 Å². The highest BCUT2D eigenvalue weighted by atomic mass is 35.5. The summed E-state index contributed by atoms with van der Waals surface area (Å²) in [6.45, 7) is 3.49. The summed E-state index contributed by atoms with van der Waals surface area (Å²) in [6, 6.07) is 12.4. The Morgan fingerprint density at radius 1 is 1.12 bits per heavy atom. The van der Waals surface area contributed by atoms with Crippen molar-refractivity contribution in [2.24, 2.45) is 5.92 Å². The molecule has 2 fully saturated rings. The van der Waals surface area contributed by atoms with Crippen molar-refractivity contribution in [2.75, 3.05) is 19.6 Å². The van der Waals surface area contributed by atoms with E-state index in [1.807, 2.05) is 18.2 Å². The summed E-state index contributed by atoms with van der Waals surface area (Å²) in [4.78, 5) is 41.1. The molecule has 4 rings (SSSR count). The lowest BCUT2D eigenvalue weighted by atomic mass is 9.99. The van der Waals surface area contributed by atoms with E-state index >= 15 is 0 Å². The zero-order chi connectivity index (χ0) is 24.2. The molecule has 0 unspecified atom stereocenters. The number of nitrogens with zero attached hydrogens (tertiary/aromatic N) is 2. The molecule has 6 nitrogen and oxygen atoms in total. The minimum atomic E-state index is -0.491. The maximum Gasteiger partial charge on any atom is 0.294 e. The zero-order valence-electron chi connectivity index (χ0n) is 18.6. The largest absolute Gasteiger partial charge is 0.488 e. The topological polar surface area (TPSA) is 66.9 Å². The number of rotatable bonds is 6. The maximum absolute atomic E-state index is 13.0. The number of imide groups is 1. The molecule has 0 aliphatic carbocycles. The molecule has 0 bridgehead atoms. The molecule has 0 saturated carbocycles. The van der Waals surface area contributed by atoms with Gasteiger partial charge in [0.2, 0.25) is 5.91 Å². The van der Waals surface area contributed by atoms with Crippen LogP contribution in [0.15, 0.2) is 47.4 Å². The molecule has 2 aromatic rings. The number of piperidine rings is 1. The average molecular weight is 519 g/mol. The highest BCUT2D eigenvalue weighted by Crippen LogP contribution is 2.35. The van der Waals surface area contributed by atoms with Gasteiger partial charge in [-0.05, 0) is 72.5 Å². The van der Waals surface area contributed by atoms with Crippen LogP contribution >= 0.6 is 35.0 Å². The lowest BCUT2D eigenvalue weighted by molar-refractivity contribution is -0.136. The highest BCUT2D eigenvalue weighted by Gasteiger charge is 2.37. The Bertz CT molecular complexity index is 1150. The van der Waals surface area contributed by atoms with Crippen LogP contribution in [0, 0.1) is 5.92 Å². The van der Waals surface area contributed by atoms with Gasteiger partial charge in [-0.2, -0.15) is 0 Å². The van der Waals surface area contributed by atoms with Crippen molar-refractivity contribution in [3.05, 3.63) is 68.5 Å². The van der Waals surface area contributed by atoms with Gasteiger partial charge in [-0.3, -0.25) is 19.3 Å². The lowest BCUT2D eigenvalue weighted by Gasteiger charge is -2.31. The second kappa shape index (κ2) is 10.8. The van der Waals surface area contributed by atoms with Gasteiger partial charge < -0.3 is 9.64 Å². The summed E-state index contributed by atoms with van der Waals surface area (Å²) in [6.07, 6.45) is 3.44. The molecular weight excluding hydrogens is 495 g/mol. The van der Waals surface area contributed by atoms with E-state index in [1.165, 1.54) is 0 Å². The van der Waals surface area contributed by atoms with Gasteiger partial charge in [-0.1, -0.05) is 42.3 Å². The highest BCUT2D eigenvalue weighted by molar-refractivity contribution is 8.18. The standard InChI is InChI=1S/C25H24Cl2N2O4S/c1-16-7-9-28(10-8-16)23(30)14-29-24(31)22(34-25(29)32)13-18-12-20(27)5-6-21(18)33-15-17-3-2-4-19(26)11-17/h2-6,11-13,16H,7-10,14-15H2,1H3/b22-13+. The van der Waals surface area contributed by atoms with Crippen LogP contribution < -0.4 is 4.74 Å². The number of ether oxygens (including phenoxy) is 1. The molecule has 0 radical (unpaired) electrons. The van der Waals surface area contributed by atoms with Gasteiger partial charge >= 0.3 is 0 Å². The van der Waals surface area contributed by atoms with Gasteiger partial charge in [-0.25, -0.2) is 0 Å². The van der Waals surface area contributed by atoms with E-state index in [0.29, 0.717) is 40.4 Å². The maximum atomic E-state index is 13.0. The number of likely N-dealkylation sites (tertiary alicyclic amines) is 1. The smallest absolute Gasteiger partial charge is 0.294 e. The minimum absolute atomic E-state index is 0.205.